The summed E-state index contributed by atoms with van der Waals surface area (Å²) < 4.78 is 20.5. The molecule has 8 nitrogen and oxygen atoms in total. The van der Waals surface area contributed by atoms with E-state index in [1.54, 1.807) is 22.7 Å². The first-order valence-electron chi connectivity index (χ1n) is 9.48. The fourth-order valence-electron chi connectivity index (χ4n) is 3.36. The van der Waals surface area contributed by atoms with Crippen LogP contribution in [0.3, 0.4) is 0 Å². The van der Waals surface area contributed by atoms with E-state index in [9.17, 15) is 0 Å². The van der Waals surface area contributed by atoms with Crippen molar-refractivity contribution in [1.29, 1.82) is 0 Å². The van der Waals surface area contributed by atoms with E-state index in [-0.39, 0.29) is 6.10 Å². The minimum Gasteiger partial charge on any atom is -0.496 e. The van der Waals surface area contributed by atoms with Crippen molar-refractivity contribution in [3.8, 4) is 11.4 Å². The Labute approximate surface area is 164 Å². The van der Waals surface area contributed by atoms with Gasteiger partial charge in [0, 0.05) is 25.6 Å². The van der Waals surface area contributed by atoms with E-state index in [1.165, 1.54) is 0 Å². The Bertz CT molecular complexity index is 914. The lowest BCUT2D eigenvalue weighted by Gasteiger charge is -2.09. The van der Waals surface area contributed by atoms with Crippen LogP contribution in [-0.4, -0.2) is 51.0 Å². The summed E-state index contributed by atoms with van der Waals surface area (Å²) >= 11 is 0. The molecule has 1 saturated heterocycles. The minimum absolute atomic E-state index is 0.183. The summed E-state index contributed by atoms with van der Waals surface area (Å²) in [6, 6.07) is 7.91. The van der Waals surface area contributed by atoms with E-state index in [2.05, 4.69) is 5.10 Å². The number of aromatic nitrogens is 5. The lowest BCUT2D eigenvalue weighted by Crippen LogP contribution is -2.15. The fraction of sp³-hybridized carbons (Fsp3) is 0.450. The molecule has 1 aliphatic rings. The van der Waals surface area contributed by atoms with Gasteiger partial charge in [0.1, 0.15) is 18.0 Å². The number of hydrogen-bond donors (Lipinski definition) is 0. The van der Waals surface area contributed by atoms with Crippen molar-refractivity contribution >= 4 is 0 Å². The van der Waals surface area contributed by atoms with Crippen LogP contribution in [0.15, 0.2) is 36.7 Å². The van der Waals surface area contributed by atoms with Crippen LogP contribution in [0.5, 0.6) is 5.75 Å². The number of methoxy groups -OCH3 is 1. The van der Waals surface area contributed by atoms with Crippen LogP contribution in [0.1, 0.15) is 30.1 Å². The van der Waals surface area contributed by atoms with Gasteiger partial charge in [-0.2, -0.15) is 10.2 Å². The number of rotatable bonds is 8. The van der Waals surface area contributed by atoms with Gasteiger partial charge >= 0.3 is 0 Å². The molecule has 2 aromatic heterocycles. The van der Waals surface area contributed by atoms with Crippen LogP contribution in [0.4, 0.5) is 0 Å². The van der Waals surface area contributed by atoms with Crippen molar-refractivity contribution in [2.45, 2.75) is 32.0 Å². The second-order valence-corrected chi connectivity index (χ2v) is 6.87. The molecular formula is C20H25N5O3. The van der Waals surface area contributed by atoms with Crippen LogP contribution in [0, 0.1) is 0 Å². The van der Waals surface area contributed by atoms with Crippen molar-refractivity contribution in [3.05, 3.63) is 53.9 Å². The summed E-state index contributed by atoms with van der Waals surface area (Å²) in [6.45, 7) is 1.76. The van der Waals surface area contributed by atoms with Gasteiger partial charge in [0.05, 0.1) is 32.2 Å². The molecule has 0 bridgehead atoms. The standard InChI is InChI=1S/C20H25N5O3/c1-24-12-16(11-21-24)25-20(14-27-13-17-7-5-9-28-17)22-19(23-25)10-15-6-3-4-8-18(15)26-2/h3-4,6,8,11-12,17H,5,7,9-10,13-14H2,1-2H3. The van der Waals surface area contributed by atoms with Crippen molar-refractivity contribution in [3.63, 3.8) is 0 Å². The monoisotopic (exact) mass is 383 g/mol. The largest absolute Gasteiger partial charge is 0.496 e. The molecule has 1 aliphatic heterocycles. The molecule has 148 valence electrons. The summed E-state index contributed by atoms with van der Waals surface area (Å²) in [6.07, 6.45) is 6.59. The van der Waals surface area contributed by atoms with Crippen LogP contribution in [0.2, 0.25) is 0 Å². The zero-order valence-corrected chi connectivity index (χ0v) is 16.2. The summed E-state index contributed by atoms with van der Waals surface area (Å²) in [7, 11) is 3.55. The summed E-state index contributed by atoms with van der Waals surface area (Å²) in [4.78, 5) is 4.72. The Kier molecular flexibility index (Phi) is 5.68. The van der Waals surface area contributed by atoms with Crippen LogP contribution in [0.25, 0.3) is 5.69 Å². The molecular weight excluding hydrogens is 358 g/mol. The van der Waals surface area contributed by atoms with E-state index < -0.39 is 0 Å². The second-order valence-electron chi connectivity index (χ2n) is 6.87. The third-order valence-electron chi connectivity index (χ3n) is 4.75. The molecule has 0 amide bonds. The minimum atomic E-state index is 0.183. The number of hydrogen-bond acceptors (Lipinski definition) is 6. The van der Waals surface area contributed by atoms with Gasteiger partial charge in [-0.05, 0) is 18.9 Å². The maximum absolute atomic E-state index is 5.88. The van der Waals surface area contributed by atoms with Crippen LogP contribution in [-0.2, 0) is 29.5 Å². The summed E-state index contributed by atoms with van der Waals surface area (Å²) in [5, 5.41) is 8.95. The molecule has 0 saturated carbocycles. The zero-order valence-electron chi connectivity index (χ0n) is 16.2. The topological polar surface area (TPSA) is 76.2 Å². The number of para-hydroxylation sites is 1. The first-order valence-corrected chi connectivity index (χ1v) is 9.48. The highest BCUT2D eigenvalue weighted by molar-refractivity contribution is 5.35. The average Bonchev–Trinajstić information content (AvgIpc) is 3.44. The molecule has 0 N–H and O–H groups in total. The Morgan fingerprint density at radius 3 is 2.93 bits per heavy atom. The molecule has 0 radical (unpaired) electrons. The van der Waals surface area contributed by atoms with Gasteiger partial charge in [-0.15, -0.1) is 0 Å². The van der Waals surface area contributed by atoms with Crippen molar-refractivity contribution < 1.29 is 14.2 Å². The number of benzene rings is 1. The molecule has 1 unspecified atom stereocenters. The second kappa shape index (κ2) is 8.53. The van der Waals surface area contributed by atoms with E-state index in [4.69, 9.17) is 24.3 Å². The zero-order chi connectivity index (χ0) is 19.3. The van der Waals surface area contributed by atoms with Gasteiger partial charge in [0.2, 0.25) is 0 Å². The van der Waals surface area contributed by atoms with Gasteiger partial charge in [0.15, 0.2) is 11.6 Å². The molecule has 28 heavy (non-hydrogen) atoms. The Morgan fingerprint density at radius 2 is 2.18 bits per heavy atom. The predicted octanol–water partition coefficient (Wildman–Crippen LogP) is 2.30. The maximum Gasteiger partial charge on any atom is 0.158 e. The highest BCUT2D eigenvalue weighted by Gasteiger charge is 2.18. The Morgan fingerprint density at radius 1 is 1.29 bits per heavy atom. The van der Waals surface area contributed by atoms with Gasteiger partial charge in [-0.3, -0.25) is 4.68 Å². The van der Waals surface area contributed by atoms with E-state index in [0.717, 1.165) is 42.3 Å². The summed E-state index contributed by atoms with van der Waals surface area (Å²) in [5.74, 6) is 2.29. The molecule has 1 atom stereocenters. The van der Waals surface area contributed by atoms with Gasteiger partial charge < -0.3 is 14.2 Å². The molecule has 1 fully saturated rings. The highest BCUT2D eigenvalue weighted by atomic mass is 16.5. The first-order chi connectivity index (χ1) is 13.7. The smallest absolute Gasteiger partial charge is 0.158 e. The van der Waals surface area contributed by atoms with Crippen molar-refractivity contribution in [2.24, 2.45) is 7.05 Å². The molecule has 0 spiro atoms. The average molecular weight is 383 g/mol. The predicted molar refractivity (Wildman–Crippen MR) is 103 cm³/mol. The molecule has 3 heterocycles. The van der Waals surface area contributed by atoms with Crippen LogP contribution < -0.4 is 4.74 Å². The van der Waals surface area contributed by atoms with E-state index >= 15 is 0 Å². The third kappa shape index (κ3) is 4.23. The lowest BCUT2D eigenvalue weighted by atomic mass is 10.1. The molecule has 3 aromatic rings. The SMILES string of the molecule is COc1ccccc1Cc1nc(COCC2CCCO2)n(-c2cnn(C)c2)n1. The maximum atomic E-state index is 5.88. The van der Waals surface area contributed by atoms with Gasteiger partial charge in [-0.25, -0.2) is 9.67 Å². The number of ether oxygens (including phenoxy) is 3. The molecule has 1 aromatic carbocycles. The van der Waals surface area contributed by atoms with Crippen molar-refractivity contribution in [2.75, 3.05) is 20.3 Å². The molecule has 8 heteroatoms. The quantitative estimate of drug-likeness (QED) is 0.594. The van der Waals surface area contributed by atoms with Gasteiger partial charge in [0.25, 0.3) is 0 Å². The Balaban J connectivity index is 1.54. The molecule has 4 rings (SSSR count). The number of aryl methyl sites for hydroxylation is 1. The highest BCUT2D eigenvalue weighted by Crippen LogP contribution is 2.21. The Hall–Kier alpha value is -2.71. The van der Waals surface area contributed by atoms with Crippen molar-refractivity contribution in [1.82, 2.24) is 24.5 Å². The van der Waals surface area contributed by atoms with E-state index in [0.29, 0.717) is 25.5 Å². The van der Waals surface area contributed by atoms with Crippen LogP contribution >= 0.6 is 0 Å². The fourth-order valence-corrected chi connectivity index (χ4v) is 3.36. The summed E-state index contributed by atoms with van der Waals surface area (Å²) in [5.41, 5.74) is 1.90. The number of nitrogens with zero attached hydrogens (tertiary/aromatic N) is 5. The lowest BCUT2D eigenvalue weighted by molar-refractivity contribution is 0.00816. The first kappa shape index (κ1) is 18.6. The van der Waals surface area contributed by atoms with E-state index in [1.807, 2.05) is 37.5 Å². The van der Waals surface area contributed by atoms with Gasteiger partial charge in [-0.1, -0.05) is 18.2 Å². The third-order valence-corrected chi connectivity index (χ3v) is 4.75. The molecule has 0 aliphatic carbocycles. The normalized spacial score (nSPS) is 16.6.